The molecule has 6 heteroatoms. The van der Waals surface area contributed by atoms with Gasteiger partial charge >= 0.3 is 35.5 Å². The van der Waals surface area contributed by atoms with Crippen LogP contribution in [0.25, 0.3) is 0 Å². The summed E-state index contributed by atoms with van der Waals surface area (Å²) in [4.78, 5) is 10.4. The number of rotatable bonds is 3. The van der Waals surface area contributed by atoms with E-state index in [1.54, 1.807) is 12.1 Å². The van der Waals surface area contributed by atoms with Crippen molar-refractivity contribution >= 4 is 5.97 Å². The predicted octanol–water partition coefficient (Wildman–Crippen LogP) is -3.36. The average molecular weight is 223 g/mol. The molecule has 0 unspecified atom stereocenters. The summed E-state index contributed by atoms with van der Waals surface area (Å²) in [6.07, 6.45) is 0.273. The first-order valence-corrected chi connectivity index (χ1v) is 3.86. The molecule has 5 nitrogen and oxygen atoms in total. The topological polar surface area (TPSA) is 115 Å². The van der Waals surface area contributed by atoms with Gasteiger partial charge in [0.25, 0.3) is 0 Å². The second-order valence-electron chi connectivity index (χ2n) is 2.82. The molecule has 0 aliphatic rings. The molecule has 1 rings (SSSR count). The first kappa shape index (κ1) is 16.8. The van der Waals surface area contributed by atoms with Gasteiger partial charge in [-0.25, -0.2) is 0 Å². The van der Waals surface area contributed by atoms with Crippen molar-refractivity contribution in [3.63, 3.8) is 0 Å². The maximum absolute atomic E-state index is 10.4. The number of benzene rings is 1. The Hall–Kier alpha value is -0.590. The van der Waals surface area contributed by atoms with E-state index in [1.807, 2.05) is 0 Å². The van der Waals surface area contributed by atoms with Gasteiger partial charge in [-0.3, -0.25) is 4.79 Å². The molecule has 1 aromatic rings. The zero-order valence-electron chi connectivity index (χ0n) is 9.47. The number of phenols is 1. The van der Waals surface area contributed by atoms with E-state index >= 15 is 0 Å². The fourth-order valence-corrected chi connectivity index (χ4v) is 0.973. The SMILES string of the molecule is N[C@@H](Cc1ccc(O)cc1)C(=O)O.O.[H-].[Na+]. The molecule has 0 spiro atoms. The average Bonchev–Trinajstić information content (AvgIpc) is 2.08. The van der Waals surface area contributed by atoms with Crippen molar-refractivity contribution in [3.8, 4) is 5.75 Å². The van der Waals surface area contributed by atoms with Gasteiger partial charge in [0.05, 0.1) is 0 Å². The number of carboxylic acid groups (broad SMARTS) is 1. The summed E-state index contributed by atoms with van der Waals surface area (Å²) in [5, 5.41) is 17.5. The molecule has 0 aliphatic heterocycles. The standard InChI is InChI=1S/C9H11NO3.Na.H2O.H/c10-8(9(12)13)5-6-1-3-7(11)4-2-6;;;/h1-4,8,11H,5,10H2,(H,12,13);;1H2;/q;+1;;-1/t8-;;;/m0.../s1. The van der Waals surface area contributed by atoms with Crippen molar-refractivity contribution in [1.29, 1.82) is 0 Å². The molecule has 80 valence electrons. The zero-order valence-corrected chi connectivity index (χ0v) is 10.5. The Bertz CT molecular complexity index is 307. The summed E-state index contributed by atoms with van der Waals surface area (Å²) < 4.78 is 0. The van der Waals surface area contributed by atoms with E-state index < -0.39 is 12.0 Å². The molecule has 0 saturated carbocycles. The number of carbonyl (C=O) groups is 1. The van der Waals surface area contributed by atoms with Crippen molar-refractivity contribution in [2.24, 2.45) is 5.73 Å². The smallest absolute Gasteiger partial charge is 1.00 e. The van der Waals surface area contributed by atoms with Crippen LogP contribution in [0.5, 0.6) is 5.75 Å². The molecule has 15 heavy (non-hydrogen) atoms. The molecule has 0 saturated heterocycles. The van der Waals surface area contributed by atoms with Crippen LogP contribution in [0, 0.1) is 0 Å². The number of nitrogens with two attached hydrogens (primary N) is 1. The molecule has 0 aromatic heterocycles. The van der Waals surface area contributed by atoms with Gasteiger partial charge in [-0.1, -0.05) is 12.1 Å². The fraction of sp³-hybridized carbons (Fsp3) is 0.222. The Morgan fingerprint density at radius 2 is 1.87 bits per heavy atom. The first-order chi connectivity index (χ1) is 6.09. The van der Waals surface area contributed by atoms with Crippen molar-refractivity contribution < 1.29 is 51.5 Å². The zero-order chi connectivity index (χ0) is 9.84. The Balaban J connectivity index is -0.000000563. The Morgan fingerprint density at radius 1 is 1.40 bits per heavy atom. The number of hydrogen-bond acceptors (Lipinski definition) is 3. The maximum atomic E-state index is 10.4. The Kier molecular flexibility index (Phi) is 8.60. The van der Waals surface area contributed by atoms with Gasteiger partial charge in [0.15, 0.2) is 0 Å². The summed E-state index contributed by atoms with van der Waals surface area (Å²) in [7, 11) is 0. The van der Waals surface area contributed by atoms with Crippen LogP contribution in [0.2, 0.25) is 0 Å². The van der Waals surface area contributed by atoms with E-state index in [0.717, 1.165) is 5.56 Å². The monoisotopic (exact) mass is 223 g/mol. The Labute approximate surface area is 111 Å². The molecule has 0 bridgehead atoms. The van der Waals surface area contributed by atoms with Crippen molar-refractivity contribution in [2.45, 2.75) is 12.5 Å². The van der Waals surface area contributed by atoms with Gasteiger partial charge < -0.3 is 22.8 Å². The third-order valence-electron chi connectivity index (χ3n) is 1.71. The quantitative estimate of drug-likeness (QED) is 0.464. The summed E-state index contributed by atoms with van der Waals surface area (Å²) in [6.45, 7) is 0. The molecule has 0 fully saturated rings. The molecular weight excluding hydrogens is 209 g/mol. The van der Waals surface area contributed by atoms with Crippen molar-refractivity contribution in [2.75, 3.05) is 0 Å². The summed E-state index contributed by atoms with van der Waals surface area (Å²) in [5.74, 6) is -0.860. The van der Waals surface area contributed by atoms with Gasteiger partial charge in [-0.05, 0) is 24.1 Å². The van der Waals surface area contributed by atoms with Crippen LogP contribution in [0.1, 0.15) is 6.99 Å². The Morgan fingerprint density at radius 3 is 2.27 bits per heavy atom. The largest absolute Gasteiger partial charge is 1.00 e. The van der Waals surface area contributed by atoms with Crippen LogP contribution in [-0.4, -0.2) is 27.7 Å². The molecule has 1 aromatic carbocycles. The third-order valence-corrected chi connectivity index (χ3v) is 1.71. The van der Waals surface area contributed by atoms with Crippen LogP contribution in [0.15, 0.2) is 24.3 Å². The van der Waals surface area contributed by atoms with Gasteiger partial charge in [-0.15, -0.1) is 0 Å². The van der Waals surface area contributed by atoms with Gasteiger partial charge in [0, 0.05) is 0 Å². The normalized spacial score (nSPS) is 10.7. The van der Waals surface area contributed by atoms with E-state index in [4.69, 9.17) is 15.9 Å². The van der Waals surface area contributed by atoms with Gasteiger partial charge in [-0.2, -0.15) is 0 Å². The van der Waals surface area contributed by atoms with Crippen molar-refractivity contribution in [3.05, 3.63) is 29.8 Å². The minimum Gasteiger partial charge on any atom is -1.00 e. The van der Waals surface area contributed by atoms with Crippen LogP contribution in [-0.2, 0) is 11.2 Å². The van der Waals surface area contributed by atoms with E-state index in [1.165, 1.54) is 12.1 Å². The van der Waals surface area contributed by atoms with Crippen LogP contribution in [0.4, 0.5) is 0 Å². The molecule has 0 amide bonds. The third kappa shape index (κ3) is 5.76. The number of aliphatic carboxylic acids is 1. The van der Waals surface area contributed by atoms with Crippen molar-refractivity contribution in [1.82, 2.24) is 0 Å². The van der Waals surface area contributed by atoms with E-state index in [-0.39, 0.29) is 48.6 Å². The second-order valence-corrected chi connectivity index (χ2v) is 2.82. The van der Waals surface area contributed by atoms with E-state index in [9.17, 15) is 4.79 Å². The summed E-state index contributed by atoms with van der Waals surface area (Å²) >= 11 is 0. The van der Waals surface area contributed by atoms with Gasteiger partial charge in [0.1, 0.15) is 11.8 Å². The molecule has 1 atom stereocenters. The number of hydrogen-bond donors (Lipinski definition) is 3. The van der Waals surface area contributed by atoms with E-state index in [0.29, 0.717) is 0 Å². The molecular formula is C9H14NNaO4. The molecule has 6 N–H and O–H groups in total. The predicted molar refractivity (Wildman–Crippen MR) is 52.1 cm³/mol. The second kappa shape index (κ2) is 7.67. The summed E-state index contributed by atoms with van der Waals surface area (Å²) in [5.41, 5.74) is 6.12. The molecule has 0 radical (unpaired) electrons. The fourth-order valence-electron chi connectivity index (χ4n) is 0.973. The van der Waals surface area contributed by atoms with E-state index in [2.05, 4.69) is 0 Å². The van der Waals surface area contributed by atoms with Crippen LogP contribution < -0.4 is 35.3 Å². The molecule has 0 aliphatic carbocycles. The number of aromatic hydroxyl groups is 1. The first-order valence-electron chi connectivity index (χ1n) is 3.86. The minimum absolute atomic E-state index is 0. The number of carboxylic acids is 1. The summed E-state index contributed by atoms with van der Waals surface area (Å²) in [6, 6.07) is 5.42. The minimum atomic E-state index is -1.02. The molecule has 0 heterocycles. The van der Waals surface area contributed by atoms with Gasteiger partial charge in [0.2, 0.25) is 0 Å². The van der Waals surface area contributed by atoms with Crippen LogP contribution in [0.3, 0.4) is 0 Å². The van der Waals surface area contributed by atoms with Crippen LogP contribution >= 0.6 is 0 Å². The maximum Gasteiger partial charge on any atom is 1.00 e. The number of phenolic OH excluding ortho intramolecular Hbond substituents is 1.